The lowest BCUT2D eigenvalue weighted by Gasteiger charge is -2.38. The third-order valence-corrected chi connectivity index (χ3v) is 22.3. The summed E-state index contributed by atoms with van der Waals surface area (Å²) in [5, 5.41) is 16.3. The summed E-state index contributed by atoms with van der Waals surface area (Å²) in [5.74, 6) is -3.06. The van der Waals surface area contributed by atoms with Gasteiger partial charge in [0.05, 0.1) is 25.0 Å². The molecule has 22 heteroatoms. The zero-order valence-corrected chi connectivity index (χ0v) is 56.2. The van der Waals surface area contributed by atoms with E-state index in [9.17, 15) is 43.5 Å². The molecule has 2 aromatic rings. The van der Waals surface area contributed by atoms with E-state index in [-0.39, 0.29) is 128 Å². The number of amides is 4. The summed E-state index contributed by atoms with van der Waals surface area (Å²) >= 11 is 0. The summed E-state index contributed by atoms with van der Waals surface area (Å²) in [5.41, 5.74) is 1.82. The van der Waals surface area contributed by atoms with Gasteiger partial charge in [-0.15, -0.1) is 0 Å². The SMILES string of the molecule is C.C.CC1=C\[C@@H](O)CC(=O)Cc2nc(co2)C(=O)N2CCC[C@@H]2C(=O)O[C@H](C(C)C)[C@H](C)/C=C/C(=O)NC\C=C\1.CC1=C\[C@@H](O[Si](C)(C)C(C)(C)C)CC(=O)Cc2nc(c([Si](C)(C)C)o2)C(=O)N2CCC[C@@H]2C(=O)O[C@H](C(C)C)[C@H](C)/C=C/C(=O)NC\C=C\1. The first-order valence-corrected chi connectivity index (χ1v) is 37.0. The monoisotopic (exact) mass is 1270 g/mol. The molecule has 4 aliphatic rings. The Morgan fingerprint density at radius 1 is 0.663 bits per heavy atom. The fourth-order valence-corrected chi connectivity index (χ4v) is 13.1. The summed E-state index contributed by atoms with van der Waals surface area (Å²) in [6, 6.07) is -1.52. The molecule has 8 atom stereocenters. The van der Waals surface area contributed by atoms with Crippen molar-refractivity contribution in [3.8, 4) is 0 Å². The maximum atomic E-state index is 14.1. The quantitative estimate of drug-likeness (QED) is 0.186. The molecular weight excluding hydrogens is 1170 g/mol. The van der Waals surface area contributed by atoms with E-state index in [1.54, 1.807) is 42.2 Å². The van der Waals surface area contributed by atoms with Crippen LogP contribution in [0.1, 0.15) is 162 Å². The number of nitrogens with zero attached hydrogens (tertiary/aromatic N) is 4. The average Bonchev–Trinajstić information content (AvgIpc) is 1.72. The summed E-state index contributed by atoms with van der Waals surface area (Å²) in [4.78, 5) is 117. The van der Waals surface area contributed by atoms with Gasteiger partial charge >= 0.3 is 11.9 Å². The highest BCUT2D eigenvalue weighted by Gasteiger charge is 2.43. The minimum absolute atomic E-state index is 0. The van der Waals surface area contributed by atoms with E-state index in [0.717, 1.165) is 11.1 Å². The Labute approximate surface area is 531 Å². The molecule has 6 heterocycles. The lowest BCUT2D eigenvalue weighted by Crippen LogP contribution is -2.47. The normalized spacial score (nSPS) is 27.5. The molecule has 2 aromatic heterocycles. The zero-order valence-electron chi connectivity index (χ0n) is 54.2. The van der Waals surface area contributed by atoms with Crippen molar-refractivity contribution < 1.29 is 66.2 Å². The number of esters is 2. The minimum atomic E-state index is -2.26. The van der Waals surface area contributed by atoms with E-state index in [2.05, 4.69) is 74.1 Å². The Balaban J connectivity index is 0.000000468. The summed E-state index contributed by atoms with van der Waals surface area (Å²) in [6.45, 7) is 33.6. The number of rotatable bonds is 5. The molecule has 4 amide bonds. The Morgan fingerprint density at radius 2 is 1.13 bits per heavy atom. The van der Waals surface area contributed by atoms with Gasteiger partial charge in [-0.25, -0.2) is 19.6 Å². The molecule has 6 rings (SSSR count). The van der Waals surface area contributed by atoms with Crippen LogP contribution in [0.15, 0.2) is 87.0 Å². The molecule has 20 nitrogen and oxygen atoms in total. The van der Waals surface area contributed by atoms with Crippen molar-refractivity contribution in [2.24, 2.45) is 23.7 Å². The zero-order chi connectivity index (χ0) is 64.7. The number of cyclic esters (lactones) is 2. The molecule has 4 bridgehead atoms. The Morgan fingerprint density at radius 3 is 1.62 bits per heavy atom. The lowest BCUT2D eigenvalue weighted by atomic mass is 9.94. The second kappa shape index (κ2) is 34.0. The minimum Gasteiger partial charge on any atom is -0.460 e. The van der Waals surface area contributed by atoms with Crippen LogP contribution >= 0.6 is 0 Å². The van der Waals surface area contributed by atoms with E-state index in [4.69, 9.17) is 22.7 Å². The molecule has 494 valence electrons. The molecule has 0 unspecified atom stereocenters. The van der Waals surface area contributed by atoms with E-state index in [1.807, 2.05) is 66.7 Å². The Hall–Kier alpha value is -6.63. The molecule has 0 saturated carbocycles. The Bertz CT molecular complexity index is 2970. The van der Waals surface area contributed by atoms with Crippen LogP contribution in [0.25, 0.3) is 0 Å². The summed E-state index contributed by atoms with van der Waals surface area (Å²) in [7, 11) is -4.49. The number of Topliss-reactive ketones (excluding diaryl/α,β-unsaturated/α-hetero) is 2. The second-order valence-electron chi connectivity index (χ2n) is 26.6. The highest BCUT2D eigenvalue weighted by Crippen LogP contribution is 2.38. The maximum Gasteiger partial charge on any atom is 0.329 e. The average molecular weight is 1270 g/mol. The molecule has 0 spiro atoms. The number of hydrogen-bond donors (Lipinski definition) is 3. The molecule has 89 heavy (non-hydrogen) atoms. The van der Waals surface area contributed by atoms with E-state index >= 15 is 0 Å². The number of aliphatic hydroxyl groups excluding tert-OH is 1. The van der Waals surface area contributed by atoms with Crippen molar-refractivity contribution in [3.63, 3.8) is 0 Å². The van der Waals surface area contributed by atoms with Crippen molar-refractivity contribution in [2.45, 2.75) is 217 Å². The topological polar surface area (TPSA) is 267 Å². The highest BCUT2D eigenvalue weighted by molar-refractivity contribution is 6.88. The standard InChI is InChI=1S/C37H59N3O7Si2.C28H37N3O7.2CH4/c1-24(2)33-26(4)17-18-30(42)38-19-13-15-25(3)21-28(47-49(11,12)37(5,6)7)22-27(41)23-31-39-32(36(45-31)48(8,9)10)34(43)40-20-14-16-29(40)35(44)46-33;1-17(2)26-19(4)9-10-24(34)29-11-5-7-18(3)13-20(32)14-21(33)15-25-30-22(16-37-25)27(35)31-12-6-8-23(31)28(36)38-26;;/h13,15,17-18,21,24,26,28-29,33H,14,16,19-20,22-23H2,1-12H3,(H,38,42);5,7,9-10,13,16-17,19-20,23,26,32H,6,8,11-12,14-15H2,1-4H3,(H,29,34);2*1H4/b15-13+,18-17+,25-21+;7-5+,10-9+,18-13+;;/t26-,28-,29-,33-;19-,20-,23-,26-;;/m11../s1. The number of hydrogen-bond acceptors (Lipinski definition) is 16. The smallest absolute Gasteiger partial charge is 0.329 e. The van der Waals surface area contributed by atoms with Crippen LogP contribution in [0.3, 0.4) is 0 Å². The van der Waals surface area contributed by atoms with Crippen LogP contribution in [-0.4, -0.2) is 151 Å². The van der Waals surface area contributed by atoms with Crippen LogP contribution in [0.2, 0.25) is 37.8 Å². The van der Waals surface area contributed by atoms with Crippen LogP contribution in [0.4, 0.5) is 0 Å². The van der Waals surface area contributed by atoms with Gasteiger partial charge < -0.3 is 48.3 Å². The second-order valence-corrected chi connectivity index (χ2v) is 36.4. The number of ether oxygens (including phenoxy) is 2. The van der Waals surface area contributed by atoms with Crippen LogP contribution < -0.4 is 16.0 Å². The van der Waals surface area contributed by atoms with E-state index < -0.39 is 70.7 Å². The van der Waals surface area contributed by atoms with Crippen LogP contribution in [0, 0.1) is 23.7 Å². The molecule has 0 aromatic carbocycles. The first-order chi connectivity index (χ1) is 40.6. The molecule has 0 aliphatic carbocycles. The Kier molecular flexibility index (Phi) is 29.3. The molecule has 4 aliphatic heterocycles. The maximum absolute atomic E-state index is 14.1. The number of aromatic nitrogens is 2. The van der Waals surface area contributed by atoms with Crippen molar-refractivity contribution in [3.05, 3.63) is 101 Å². The molecular formula is C67H104N6O14Si2. The number of ketones is 2. The third kappa shape index (κ3) is 22.7. The molecule has 2 fully saturated rings. The van der Waals surface area contributed by atoms with Crippen molar-refractivity contribution in [2.75, 3.05) is 26.2 Å². The number of nitrogens with one attached hydrogen (secondary N) is 2. The van der Waals surface area contributed by atoms with Gasteiger partial charge in [0, 0.05) is 50.9 Å². The predicted molar refractivity (Wildman–Crippen MR) is 350 cm³/mol. The molecule has 0 radical (unpaired) electrons. The van der Waals surface area contributed by atoms with E-state index in [0.29, 0.717) is 50.7 Å². The van der Waals surface area contributed by atoms with Gasteiger partial charge in [-0.05, 0) is 81.7 Å². The summed E-state index contributed by atoms with van der Waals surface area (Å²) in [6.07, 6.45) is 17.8. The van der Waals surface area contributed by atoms with Gasteiger partial charge in [-0.3, -0.25) is 28.8 Å². The van der Waals surface area contributed by atoms with Crippen molar-refractivity contribution >= 4 is 68.9 Å². The first-order valence-electron chi connectivity index (χ1n) is 30.6. The van der Waals surface area contributed by atoms with Gasteiger partial charge in [-0.1, -0.05) is 157 Å². The highest BCUT2D eigenvalue weighted by atomic mass is 28.4. The largest absolute Gasteiger partial charge is 0.460 e. The van der Waals surface area contributed by atoms with Gasteiger partial charge in [0.2, 0.25) is 23.6 Å². The number of allylic oxidation sites excluding steroid dienone is 4. The molecule has 3 N–H and O–H groups in total. The number of fused-ring (bicyclic) bond motifs is 6. The third-order valence-electron chi connectivity index (χ3n) is 16.1. The van der Waals surface area contributed by atoms with Gasteiger partial charge in [0.1, 0.15) is 55.6 Å². The number of aliphatic hydroxyl groups is 1. The molecule has 2 saturated heterocycles. The van der Waals surface area contributed by atoms with Crippen molar-refractivity contribution in [1.82, 2.24) is 30.4 Å². The van der Waals surface area contributed by atoms with Crippen molar-refractivity contribution in [1.29, 1.82) is 0 Å². The number of carbonyl (C=O) groups excluding carboxylic acids is 8. The number of carbonyl (C=O) groups is 8. The fourth-order valence-electron chi connectivity index (χ4n) is 10.5. The first kappa shape index (κ1) is 76.6. The van der Waals surface area contributed by atoms with Gasteiger partial charge in [-0.2, -0.15) is 0 Å². The summed E-state index contributed by atoms with van der Waals surface area (Å²) < 4.78 is 30.2. The predicted octanol–water partition coefficient (Wildman–Crippen LogP) is 9.92. The van der Waals surface area contributed by atoms with E-state index in [1.165, 1.54) is 23.3 Å². The van der Waals surface area contributed by atoms with Crippen LogP contribution in [0.5, 0.6) is 0 Å². The lowest BCUT2D eigenvalue weighted by molar-refractivity contribution is -0.158. The number of oxazole rings is 2. The van der Waals surface area contributed by atoms with Crippen LogP contribution in [-0.2, 0) is 55.5 Å². The fraction of sp³-hybridized carbons (Fsp3) is 0.612. The van der Waals surface area contributed by atoms with Gasteiger partial charge in [0.15, 0.2) is 19.7 Å². The van der Waals surface area contributed by atoms with Gasteiger partial charge in [0.25, 0.3) is 11.8 Å².